The molecule has 3 aliphatic rings. The van der Waals surface area contributed by atoms with Crippen molar-refractivity contribution in [2.24, 2.45) is 0 Å². The summed E-state index contributed by atoms with van der Waals surface area (Å²) < 4.78 is 40.2. The lowest BCUT2D eigenvalue weighted by atomic mass is 9.88. The molecule has 1 N–H and O–H groups in total. The molecular weight excluding hydrogens is 575 g/mol. The molecule has 224 valence electrons. The number of ether oxygens (including phenoxy) is 4. The Hall–Kier alpha value is -3.80. The predicted octanol–water partition coefficient (Wildman–Crippen LogP) is 5.40. The number of fused-ring (bicyclic) bond motifs is 2. The molecule has 5 heterocycles. The lowest BCUT2D eigenvalue weighted by Gasteiger charge is -2.33. The van der Waals surface area contributed by atoms with Crippen molar-refractivity contribution in [3.63, 3.8) is 0 Å². The number of aromatic nitrogens is 4. The molecule has 2 fully saturated rings. The minimum absolute atomic E-state index is 0.0460. The summed E-state index contributed by atoms with van der Waals surface area (Å²) in [5.74, 6) is 0.672. The third kappa shape index (κ3) is 5.19. The molecule has 4 aromatic rings. The smallest absolute Gasteiger partial charge is 0.278 e. The van der Waals surface area contributed by atoms with Crippen LogP contribution in [0.15, 0.2) is 42.5 Å². The highest BCUT2D eigenvalue weighted by atomic mass is 35.5. The highest BCUT2D eigenvalue weighted by molar-refractivity contribution is 6.30. The lowest BCUT2D eigenvalue weighted by Crippen LogP contribution is -2.35. The molecule has 2 aromatic carbocycles. The van der Waals surface area contributed by atoms with Gasteiger partial charge in [0.05, 0.1) is 31.9 Å². The van der Waals surface area contributed by atoms with Crippen molar-refractivity contribution in [3.8, 4) is 11.5 Å². The van der Waals surface area contributed by atoms with Crippen LogP contribution in [0.25, 0.3) is 11.2 Å². The van der Waals surface area contributed by atoms with Gasteiger partial charge in [0.2, 0.25) is 5.90 Å². The van der Waals surface area contributed by atoms with Crippen LogP contribution in [0.2, 0.25) is 5.02 Å². The normalized spacial score (nSPS) is 22.1. The Morgan fingerprint density at radius 3 is 2.67 bits per heavy atom. The van der Waals surface area contributed by atoms with Crippen LogP contribution in [0, 0.1) is 11.2 Å². The van der Waals surface area contributed by atoms with Crippen molar-refractivity contribution >= 4 is 28.7 Å². The van der Waals surface area contributed by atoms with Gasteiger partial charge in [0.1, 0.15) is 22.9 Å². The van der Waals surface area contributed by atoms with E-state index in [1.165, 1.54) is 13.2 Å². The van der Waals surface area contributed by atoms with E-state index in [0.717, 1.165) is 50.3 Å². The maximum absolute atomic E-state index is 14.8. The van der Waals surface area contributed by atoms with Crippen LogP contribution in [-0.4, -0.2) is 63.5 Å². The summed E-state index contributed by atoms with van der Waals surface area (Å²) in [5, 5.41) is 16.9. The topological polar surface area (TPSA) is 108 Å². The quantitative estimate of drug-likeness (QED) is 0.220. The molecule has 3 aliphatic heterocycles. The number of halogens is 2. The summed E-state index contributed by atoms with van der Waals surface area (Å²) in [6, 6.07) is 12.2. The lowest BCUT2D eigenvalue weighted by molar-refractivity contribution is -0.0712. The Morgan fingerprint density at radius 1 is 1.14 bits per heavy atom. The summed E-state index contributed by atoms with van der Waals surface area (Å²) in [6.07, 6.45) is 2.98. The first-order valence-electron chi connectivity index (χ1n) is 14.5. The van der Waals surface area contributed by atoms with Gasteiger partial charge in [-0.25, -0.2) is 9.37 Å². The van der Waals surface area contributed by atoms with Crippen LogP contribution in [0.5, 0.6) is 11.5 Å². The molecule has 43 heavy (non-hydrogen) atoms. The standard InChI is InChI=1S/C31H32ClFN6O4/c1-31(22-7-6-19(32)14-23(22)33)42-26-5-3-4-21(28(26)43-31)18-8-11-38(12-9-18)17-27-35-25-15-24(29(34)40-2)36-37-30(25)39(27)16-20-10-13-41-20/h3-7,14-15,18,20,34H,8-13,16-17H2,1-2H3/t20-,31-/m0/s1. The molecule has 0 aliphatic carbocycles. The minimum atomic E-state index is -1.28. The molecule has 0 unspecified atom stereocenters. The van der Waals surface area contributed by atoms with Crippen LogP contribution in [0.1, 0.15) is 54.7 Å². The average Bonchev–Trinajstić information content (AvgIpc) is 3.50. The van der Waals surface area contributed by atoms with Crippen molar-refractivity contribution in [2.45, 2.75) is 57.1 Å². The summed E-state index contributed by atoms with van der Waals surface area (Å²) in [7, 11) is 1.44. The second-order valence-corrected chi connectivity index (χ2v) is 11.8. The third-order valence-electron chi connectivity index (χ3n) is 8.61. The van der Waals surface area contributed by atoms with E-state index >= 15 is 0 Å². The Morgan fingerprint density at radius 2 is 1.95 bits per heavy atom. The van der Waals surface area contributed by atoms with Gasteiger partial charge in [-0.15, -0.1) is 10.2 Å². The van der Waals surface area contributed by atoms with Gasteiger partial charge < -0.3 is 23.5 Å². The summed E-state index contributed by atoms with van der Waals surface area (Å²) in [4.78, 5) is 7.31. The number of imidazole rings is 1. The molecule has 2 saturated heterocycles. The molecule has 12 heteroatoms. The fraction of sp³-hybridized carbons (Fsp3) is 0.419. The second kappa shape index (κ2) is 11.0. The maximum Gasteiger partial charge on any atom is 0.278 e. The third-order valence-corrected chi connectivity index (χ3v) is 8.85. The monoisotopic (exact) mass is 606 g/mol. The van der Waals surface area contributed by atoms with Crippen molar-refractivity contribution in [2.75, 3.05) is 26.8 Å². The first kappa shape index (κ1) is 28.0. The molecule has 0 bridgehead atoms. The first-order chi connectivity index (χ1) is 20.8. The molecule has 2 aromatic heterocycles. The second-order valence-electron chi connectivity index (χ2n) is 11.4. The number of hydrogen-bond acceptors (Lipinski definition) is 9. The van der Waals surface area contributed by atoms with Crippen molar-refractivity contribution in [3.05, 3.63) is 75.9 Å². The van der Waals surface area contributed by atoms with E-state index in [0.29, 0.717) is 52.0 Å². The SMILES string of the molecule is COC(=N)c1cc2nc(CN3CCC(c4cccc5c4O[C@@](C)(c4ccc(Cl)cc4F)O5)CC3)n(C[C@@H]3CCO3)c2nn1. The maximum atomic E-state index is 14.8. The van der Waals surface area contributed by atoms with E-state index in [2.05, 4.69) is 25.7 Å². The highest BCUT2D eigenvalue weighted by Gasteiger charge is 2.43. The predicted molar refractivity (Wildman–Crippen MR) is 157 cm³/mol. The van der Waals surface area contributed by atoms with Crippen LogP contribution in [-0.2, 0) is 28.4 Å². The van der Waals surface area contributed by atoms with Crippen LogP contribution < -0.4 is 9.47 Å². The van der Waals surface area contributed by atoms with Gasteiger partial charge in [-0.1, -0.05) is 23.7 Å². The number of hydrogen-bond donors (Lipinski definition) is 1. The Kier molecular flexibility index (Phi) is 7.19. The Bertz CT molecular complexity index is 1700. The van der Waals surface area contributed by atoms with Crippen LogP contribution >= 0.6 is 11.6 Å². The minimum Gasteiger partial charge on any atom is -0.480 e. The summed E-state index contributed by atoms with van der Waals surface area (Å²) in [5.41, 5.74) is 3.11. The van der Waals surface area contributed by atoms with E-state index in [9.17, 15) is 4.39 Å². The fourth-order valence-electron chi connectivity index (χ4n) is 6.17. The number of piperidine rings is 1. The molecule has 0 saturated carbocycles. The first-order valence-corrected chi connectivity index (χ1v) is 14.9. The molecule has 0 radical (unpaired) electrons. The van der Waals surface area contributed by atoms with Crippen LogP contribution in [0.3, 0.4) is 0 Å². The zero-order chi connectivity index (χ0) is 29.7. The number of nitrogens with one attached hydrogen (secondary N) is 1. The van der Waals surface area contributed by atoms with Gasteiger partial charge in [0.15, 0.2) is 17.1 Å². The molecule has 2 atom stereocenters. The molecule has 0 amide bonds. The average molecular weight is 607 g/mol. The van der Waals surface area contributed by atoms with Gasteiger partial charge in [0.25, 0.3) is 5.79 Å². The van der Waals surface area contributed by atoms with Crippen molar-refractivity contribution < 1.29 is 23.3 Å². The number of benzene rings is 2. The zero-order valence-corrected chi connectivity index (χ0v) is 24.7. The zero-order valence-electron chi connectivity index (χ0n) is 24.0. The molecule has 10 nitrogen and oxygen atoms in total. The van der Waals surface area contributed by atoms with Gasteiger partial charge in [0, 0.05) is 30.2 Å². The number of likely N-dealkylation sites (tertiary alicyclic amines) is 1. The van der Waals surface area contributed by atoms with Crippen molar-refractivity contribution in [1.29, 1.82) is 5.41 Å². The van der Waals surface area contributed by atoms with E-state index < -0.39 is 11.6 Å². The highest BCUT2D eigenvalue weighted by Crippen LogP contribution is 2.49. The number of nitrogens with zero attached hydrogens (tertiary/aromatic N) is 5. The van der Waals surface area contributed by atoms with E-state index in [1.807, 2.05) is 12.1 Å². The van der Waals surface area contributed by atoms with E-state index in [-0.39, 0.29) is 17.9 Å². The Balaban J connectivity index is 1.08. The fourth-order valence-corrected chi connectivity index (χ4v) is 6.33. The van der Waals surface area contributed by atoms with E-state index in [1.54, 1.807) is 25.1 Å². The van der Waals surface area contributed by atoms with Gasteiger partial charge in [-0.2, -0.15) is 0 Å². The Labute approximate surface area is 253 Å². The molecule has 0 spiro atoms. The van der Waals surface area contributed by atoms with Gasteiger partial charge in [-0.3, -0.25) is 10.3 Å². The van der Waals surface area contributed by atoms with Gasteiger partial charge >= 0.3 is 0 Å². The number of rotatable bonds is 7. The number of methoxy groups -OCH3 is 1. The van der Waals surface area contributed by atoms with E-state index in [4.69, 9.17) is 40.9 Å². The van der Waals surface area contributed by atoms with Crippen LogP contribution in [0.4, 0.5) is 4.39 Å². The van der Waals surface area contributed by atoms with Crippen molar-refractivity contribution in [1.82, 2.24) is 24.6 Å². The number of para-hydroxylation sites is 1. The molecule has 7 rings (SSSR count). The largest absolute Gasteiger partial charge is 0.480 e. The molecular formula is C31H32ClFN6O4. The van der Waals surface area contributed by atoms with Gasteiger partial charge in [-0.05, 0) is 62.5 Å². The summed E-state index contributed by atoms with van der Waals surface area (Å²) >= 11 is 5.98. The summed E-state index contributed by atoms with van der Waals surface area (Å²) in [6.45, 7) is 5.57.